The van der Waals surface area contributed by atoms with E-state index in [2.05, 4.69) is 10.6 Å². The first kappa shape index (κ1) is 11.0. The molecule has 1 atom stereocenters. The van der Waals surface area contributed by atoms with Gasteiger partial charge < -0.3 is 15.7 Å². The normalized spacial score (nSPS) is 27.9. The fourth-order valence-electron chi connectivity index (χ4n) is 1.71. The van der Waals surface area contributed by atoms with Crippen molar-refractivity contribution in [2.24, 2.45) is 0 Å². The van der Waals surface area contributed by atoms with Gasteiger partial charge in [0.1, 0.15) is 0 Å². The van der Waals surface area contributed by atoms with E-state index in [1.165, 1.54) is 38.8 Å². The van der Waals surface area contributed by atoms with Crippen LogP contribution < -0.4 is 10.6 Å². The summed E-state index contributed by atoms with van der Waals surface area (Å²) in [5.74, 6) is 0. The molecule has 0 amide bonds. The lowest BCUT2D eigenvalue weighted by Gasteiger charge is -2.08. The third-order valence-electron chi connectivity index (χ3n) is 2.59. The largest absolute Gasteiger partial charge is 0.395 e. The van der Waals surface area contributed by atoms with Crippen molar-refractivity contribution in [1.82, 2.24) is 10.6 Å². The zero-order chi connectivity index (χ0) is 9.36. The first-order chi connectivity index (χ1) is 6.43. The van der Waals surface area contributed by atoms with Gasteiger partial charge in [0.15, 0.2) is 0 Å². The van der Waals surface area contributed by atoms with E-state index in [0.717, 1.165) is 13.0 Å². The number of aliphatic hydroxyl groups is 1. The fourth-order valence-corrected chi connectivity index (χ4v) is 1.71. The highest BCUT2D eigenvalue weighted by atomic mass is 16.3. The summed E-state index contributed by atoms with van der Waals surface area (Å²) in [6.07, 6.45) is 6.59. The second-order valence-electron chi connectivity index (χ2n) is 3.79. The van der Waals surface area contributed by atoms with Gasteiger partial charge in [-0.15, -0.1) is 0 Å². The fraction of sp³-hybridized carbons (Fsp3) is 1.00. The third-order valence-corrected chi connectivity index (χ3v) is 2.59. The Labute approximate surface area is 80.9 Å². The predicted molar refractivity (Wildman–Crippen MR) is 54.8 cm³/mol. The lowest BCUT2D eigenvalue weighted by atomic mass is 10.2. The number of nitrogens with one attached hydrogen (secondary N) is 2. The van der Waals surface area contributed by atoms with Crippen molar-refractivity contribution in [3.63, 3.8) is 0 Å². The molecule has 0 bridgehead atoms. The minimum atomic E-state index is 0.306. The quantitative estimate of drug-likeness (QED) is 0.558. The Bertz CT molecular complexity index is 98.0. The molecule has 3 heteroatoms. The smallest absolute Gasteiger partial charge is 0.0584 e. The molecule has 0 aliphatic carbocycles. The van der Waals surface area contributed by atoms with Gasteiger partial charge in [-0.25, -0.2) is 0 Å². The number of hydrogen-bond acceptors (Lipinski definition) is 3. The summed E-state index contributed by atoms with van der Waals surface area (Å²) in [5, 5.41) is 14.9. The standard InChI is InChI=1S/C5H11NO.C5H11N/c7-4-5-2-1-3-6-5;1-2-4-6-5-3-1/h5-7H,1-4H2;6H,1-5H2/t5-;/m1./s1. The van der Waals surface area contributed by atoms with Crippen molar-refractivity contribution in [2.75, 3.05) is 26.2 Å². The highest BCUT2D eigenvalue weighted by molar-refractivity contribution is 4.71. The highest BCUT2D eigenvalue weighted by Gasteiger charge is 2.10. The minimum absolute atomic E-state index is 0.306. The molecule has 0 aromatic rings. The molecule has 0 unspecified atom stereocenters. The molecule has 3 N–H and O–H groups in total. The van der Waals surface area contributed by atoms with Gasteiger partial charge in [0.25, 0.3) is 0 Å². The van der Waals surface area contributed by atoms with Crippen LogP contribution in [0.5, 0.6) is 0 Å². The number of hydrogen-bond donors (Lipinski definition) is 3. The van der Waals surface area contributed by atoms with E-state index in [4.69, 9.17) is 5.11 Å². The average molecular weight is 186 g/mol. The first-order valence-electron chi connectivity index (χ1n) is 5.48. The lowest BCUT2D eigenvalue weighted by Crippen LogP contribution is -2.24. The van der Waals surface area contributed by atoms with E-state index >= 15 is 0 Å². The molecule has 2 fully saturated rings. The summed E-state index contributed by atoms with van der Waals surface area (Å²) in [6.45, 7) is 3.89. The van der Waals surface area contributed by atoms with Crippen LogP contribution in [0.2, 0.25) is 0 Å². The van der Waals surface area contributed by atoms with Crippen LogP contribution in [0.15, 0.2) is 0 Å². The third kappa shape index (κ3) is 5.24. The first-order valence-corrected chi connectivity index (χ1v) is 5.48. The molecule has 2 heterocycles. The van der Waals surface area contributed by atoms with Gasteiger partial charge in [0.2, 0.25) is 0 Å². The van der Waals surface area contributed by atoms with E-state index in [9.17, 15) is 0 Å². The number of rotatable bonds is 1. The second-order valence-corrected chi connectivity index (χ2v) is 3.79. The van der Waals surface area contributed by atoms with Crippen LogP contribution in [0.1, 0.15) is 32.1 Å². The van der Waals surface area contributed by atoms with E-state index in [1.54, 1.807) is 0 Å². The van der Waals surface area contributed by atoms with Crippen molar-refractivity contribution in [3.8, 4) is 0 Å². The monoisotopic (exact) mass is 186 g/mol. The maximum absolute atomic E-state index is 8.50. The SMILES string of the molecule is C1CCNCC1.OC[C@H]1CCCN1. The van der Waals surface area contributed by atoms with Crippen LogP contribution in [0.25, 0.3) is 0 Å². The predicted octanol–water partition coefficient (Wildman–Crippen LogP) is 0.491. The molecule has 0 saturated carbocycles. The Kier molecular flexibility index (Phi) is 6.15. The molecule has 0 spiro atoms. The van der Waals surface area contributed by atoms with Gasteiger partial charge in [-0.2, -0.15) is 0 Å². The molecular weight excluding hydrogens is 164 g/mol. The Morgan fingerprint density at radius 1 is 1.00 bits per heavy atom. The molecule has 0 aromatic heterocycles. The van der Waals surface area contributed by atoms with E-state index in [-0.39, 0.29) is 0 Å². The molecule has 0 aromatic carbocycles. The van der Waals surface area contributed by atoms with Crippen LogP contribution in [0.4, 0.5) is 0 Å². The zero-order valence-electron chi connectivity index (χ0n) is 8.39. The molecule has 13 heavy (non-hydrogen) atoms. The van der Waals surface area contributed by atoms with E-state index < -0.39 is 0 Å². The summed E-state index contributed by atoms with van der Waals surface area (Å²) in [7, 11) is 0. The highest BCUT2D eigenvalue weighted by Crippen LogP contribution is 2.02. The molecule has 3 nitrogen and oxygen atoms in total. The van der Waals surface area contributed by atoms with Crippen molar-refractivity contribution in [1.29, 1.82) is 0 Å². The molecule has 78 valence electrons. The number of piperidine rings is 1. The van der Waals surface area contributed by atoms with Crippen molar-refractivity contribution in [3.05, 3.63) is 0 Å². The summed E-state index contributed by atoms with van der Waals surface area (Å²) in [4.78, 5) is 0. The Morgan fingerprint density at radius 2 is 1.77 bits per heavy atom. The summed E-state index contributed by atoms with van der Waals surface area (Å²) in [5.41, 5.74) is 0. The molecule has 2 aliphatic rings. The van der Waals surface area contributed by atoms with Gasteiger partial charge in [0.05, 0.1) is 6.61 Å². The van der Waals surface area contributed by atoms with Crippen LogP contribution in [0, 0.1) is 0 Å². The Hall–Kier alpha value is -0.120. The average Bonchev–Trinajstić information content (AvgIpc) is 2.74. The van der Waals surface area contributed by atoms with Gasteiger partial charge in [-0.1, -0.05) is 6.42 Å². The second kappa shape index (κ2) is 7.30. The summed E-state index contributed by atoms with van der Waals surface area (Å²) in [6, 6.07) is 0.403. The maximum atomic E-state index is 8.50. The van der Waals surface area contributed by atoms with Gasteiger partial charge in [-0.3, -0.25) is 0 Å². The van der Waals surface area contributed by atoms with Crippen LogP contribution in [0.3, 0.4) is 0 Å². The number of aliphatic hydroxyl groups excluding tert-OH is 1. The van der Waals surface area contributed by atoms with Crippen LogP contribution in [-0.2, 0) is 0 Å². The van der Waals surface area contributed by atoms with Crippen LogP contribution >= 0.6 is 0 Å². The molecule has 2 aliphatic heterocycles. The van der Waals surface area contributed by atoms with Crippen molar-refractivity contribution in [2.45, 2.75) is 38.1 Å². The topological polar surface area (TPSA) is 44.3 Å². The Balaban J connectivity index is 0.000000132. The summed E-state index contributed by atoms with van der Waals surface area (Å²) < 4.78 is 0. The molecular formula is C10H22N2O. The van der Waals surface area contributed by atoms with Gasteiger partial charge >= 0.3 is 0 Å². The minimum Gasteiger partial charge on any atom is -0.395 e. The lowest BCUT2D eigenvalue weighted by molar-refractivity contribution is 0.255. The van der Waals surface area contributed by atoms with Crippen LogP contribution in [-0.4, -0.2) is 37.4 Å². The zero-order valence-corrected chi connectivity index (χ0v) is 8.39. The summed E-state index contributed by atoms with van der Waals surface area (Å²) >= 11 is 0. The van der Waals surface area contributed by atoms with E-state index in [0.29, 0.717) is 12.6 Å². The molecule has 2 saturated heterocycles. The van der Waals surface area contributed by atoms with Gasteiger partial charge in [-0.05, 0) is 45.3 Å². The maximum Gasteiger partial charge on any atom is 0.0584 e. The van der Waals surface area contributed by atoms with E-state index in [1.807, 2.05) is 0 Å². The van der Waals surface area contributed by atoms with Crippen molar-refractivity contribution >= 4 is 0 Å². The Morgan fingerprint density at radius 3 is 2.00 bits per heavy atom. The molecule has 2 rings (SSSR count). The van der Waals surface area contributed by atoms with Crippen molar-refractivity contribution < 1.29 is 5.11 Å². The van der Waals surface area contributed by atoms with Gasteiger partial charge in [0, 0.05) is 6.04 Å². The molecule has 0 radical (unpaired) electrons.